The molecule has 0 radical (unpaired) electrons. The Morgan fingerprint density at radius 2 is 2.00 bits per heavy atom. The number of primary amides is 1. The number of nitrogens with one attached hydrogen (secondary N) is 1. The molecule has 0 bridgehead atoms. The minimum Gasteiger partial charge on any atom is -0.351 e. The zero-order valence-corrected chi connectivity index (χ0v) is 8.81. The van der Waals surface area contributed by atoms with Gasteiger partial charge in [0.15, 0.2) is 11.6 Å². The van der Waals surface area contributed by atoms with Gasteiger partial charge in [-0.25, -0.2) is 13.6 Å². The molecule has 0 saturated carbocycles. The van der Waals surface area contributed by atoms with Gasteiger partial charge in [-0.1, -0.05) is 0 Å². The van der Waals surface area contributed by atoms with Crippen LogP contribution >= 0.6 is 11.8 Å². The molecular weight excluding hydrogens is 238 g/mol. The van der Waals surface area contributed by atoms with E-state index in [0.29, 0.717) is 4.90 Å². The first kappa shape index (κ1) is 12.4. The molecule has 16 heavy (non-hydrogen) atoms. The number of hydrogen-bond acceptors (Lipinski definition) is 3. The van der Waals surface area contributed by atoms with Crippen LogP contribution in [0.4, 0.5) is 13.6 Å². The molecule has 1 aromatic carbocycles. The smallest absolute Gasteiger partial charge is 0.318 e. The van der Waals surface area contributed by atoms with Crippen LogP contribution in [-0.4, -0.2) is 17.7 Å². The topological polar surface area (TPSA) is 72.2 Å². The molecule has 0 atom stereocenters. The molecule has 86 valence electrons. The monoisotopic (exact) mass is 246 g/mol. The summed E-state index contributed by atoms with van der Waals surface area (Å²) in [6, 6.07) is 2.32. The molecule has 1 rings (SSSR count). The Bertz CT molecular complexity index is 426. The second-order valence-corrected chi connectivity index (χ2v) is 3.83. The van der Waals surface area contributed by atoms with Gasteiger partial charge < -0.3 is 5.73 Å². The summed E-state index contributed by atoms with van der Waals surface area (Å²) in [7, 11) is 0. The number of nitrogens with two attached hydrogens (primary N) is 1. The quantitative estimate of drug-likeness (QED) is 0.788. The van der Waals surface area contributed by atoms with Crippen molar-refractivity contribution < 1.29 is 18.4 Å². The molecule has 1 aromatic rings. The van der Waals surface area contributed by atoms with Crippen LogP contribution in [0.5, 0.6) is 0 Å². The van der Waals surface area contributed by atoms with Gasteiger partial charge in [0.25, 0.3) is 0 Å². The Morgan fingerprint density at radius 3 is 2.56 bits per heavy atom. The fraction of sp³-hybridized carbons (Fsp3) is 0.111. The van der Waals surface area contributed by atoms with Gasteiger partial charge in [-0.15, -0.1) is 11.8 Å². The largest absolute Gasteiger partial charge is 0.351 e. The summed E-state index contributed by atoms with van der Waals surface area (Å²) in [6.45, 7) is 0. The van der Waals surface area contributed by atoms with E-state index in [4.69, 9.17) is 5.73 Å². The standard InChI is InChI=1S/C9H8F2N2O2S/c10-6-2-1-5(3-7(6)11)16-4-8(14)13-9(12)15/h1-3H,4H2,(H3,12,13,14,15). The van der Waals surface area contributed by atoms with Crippen molar-refractivity contribution in [1.82, 2.24) is 5.32 Å². The number of halogens is 2. The molecule has 0 spiro atoms. The number of carbonyl (C=O) groups is 2. The van der Waals surface area contributed by atoms with Crippen molar-refractivity contribution in [2.24, 2.45) is 5.73 Å². The molecule has 4 nitrogen and oxygen atoms in total. The minimum atomic E-state index is -0.986. The Labute approximate surface area is 94.2 Å². The molecule has 0 saturated heterocycles. The van der Waals surface area contributed by atoms with E-state index in [1.54, 1.807) is 0 Å². The van der Waals surface area contributed by atoms with E-state index in [-0.39, 0.29) is 5.75 Å². The molecule has 0 fully saturated rings. The zero-order chi connectivity index (χ0) is 12.1. The minimum absolute atomic E-state index is 0.103. The Morgan fingerprint density at radius 1 is 1.31 bits per heavy atom. The van der Waals surface area contributed by atoms with Crippen LogP contribution in [0.3, 0.4) is 0 Å². The van der Waals surface area contributed by atoms with Crippen LogP contribution in [0.15, 0.2) is 23.1 Å². The molecule has 0 unspecified atom stereocenters. The van der Waals surface area contributed by atoms with E-state index in [2.05, 4.69) is 0 Å². The van der Waals surface area contributed by atoms with Crippen molar-refractivity contribution in [1.29, 1.82) is 0 Å². The normalized spacial score (nSPS) is 9.88. The average Bonchev–Trinajstić information content (AvgIpc) is 2.19. The summed E-state index contributed by atoms with van der Waals surface area (Å²) in [4.78, 5) is 21.7. The zero-order valence-electron chi connectivity index (χ0n) is 8.00. The van der Waals surface area contributed by atoms with Crippen LogP contribution < -0.4 is 11.1 Å². The molecule has 7 heteroatoms. The lowest BCUT2D eigenvalue weighted by Crippen LogP contribution is -2.36. The number of hydrogen-bond donors (Lipinski definition) is 2. The van der Waals surface area contributed by atoms with Crippen molar-refractivity contribution in [2.45, 2.75) is 4.90 Å². The highest BCUT2D eigenvalue weighted by molar-refractivity contribution is 8.00. The summed E-state index contributed by atoms with van der Waals surface area (Å²) in [5, 5.41) is 1.85. The molecule has 0 aliphatic rings. The Kier molecular flexibility index (Phi) is 4.24. The molecule has 0 aliphatic heterocycles. The maximum Gasteiger partial charge on any atom is 0.318 e. The molecular formula is C9H8F2N2O2S. The number of benzene rings is 1. The van der Waals surface area contributed by atoms with Crippen molar-refractivity contribution in [3.8, 4) is 0 Å². The van der Waals surface area contributed by atoms with E-state index >= 15 is 0 Å². The number of rotatable bonds is 3. The van der Waals surface area contributed by atoms with Gasteiger partial charge in [0.05, 0.1) is 5.75 Å². The highest BCUT2D eigenvalue weighted by atomic mass is 32.2. The van der Waals surface area contributed by atoms with E-state index in [1.807, 2.05) is 5.32 Å². The first-order valence-electron chi connectivity index (χ1n) is 4.16. The van der Waals surface area contributed by atoms with Gasteiger partial charge >= 0.3 is 6.03 Å². The van der Waals surface area contributed by atoms with Crippen LogP contribution in [0.1, 0.15) is 0 Å². The number of amides is 3. The van der Waals surface area contributed by atoms with Gasteiger partial charge in [-0.2, -0.15) is 0 Å². The van der Waals surface area contributed by atoms with Crippen LogP contribution in [-0.2, 0) is 4.79 Å². The third kappa shape index (κ3) is 3.85. The molecule has 0 heterocycles. The number of carbonyl (C=O) groups excluding carboxylic acids is 2. The second kappa shape index (κ2) is 5.45. The third-order valence-corrected chi connectivity index (χ3v) is 2.52. The van der Waals surface area contributed by atoms with Crippen molar-refractivity contribution in [3.63, 3.8) is 0 Å². The van der Waals surface area contributed by atoms with E-state index in [1.165, 1.54) is 6.07 Å². The first-order valence-corrected chi connectivity index (χ1v) is 5.14. The summed E-state index contributed by atoms with van der Waals surface area (Å²) in [6.07, 6.45) is 0. The van der Waals surface area contributed by atoms with E-state index < -0.39 is 23.6 Å². The predicted molar refractivity (Wildman–Crippen MR) is 54.8 cm³/mol. The van der Waals surface area contributed by atoms with Gasteiger partial charge in [0, 0.05) is 4.90 Å². The Balaban J connectivity index is 2.51. The second-order valence-electron chi connectivity index (χ2n) is 2.78. The SMILES string of the molecule is NC(=O)NC(=O)CSc1ccc(F)c(F)c1. The summed E-state index contributed by atoms with van der Waals surface area (Å²) in [5.74, 6) is -2.64. The maximum absolute atomic E-state index is 12.8. The van der Waals surface area contributed by atoms with E-state index in [0.717, 1.165) is 23.9 Å². The maximum atomic E-state index is 12.8. The van der Waals surface area contributed by atoms with Crippen LogP contribution in [0.2, 0.25) is 0 Å². The highest BCUT2D eigenvalue weighted by Crippen LogP contribution is 2.19. The first-order chi connectivity index (χ1) is 7.49. The average molecular weight is 246 g/mol. The van der Waals surface area contributed by atoms with E-state index in [9.17, 15) is 18.4 Å². The molecule has 3 amide bonds. The fourth-order valence-electron chi connectivity index (χ4n) is 0.889. The highest BCUT2D eigenvalue weighted by Gasteiger charge is 2.07. The van der Waals surface area contributed by atoms with Gasteiger partial charge in [0.2, 0.25) is 5.91 Å². The lowest BCUT2D eigenvalue weighted by molar-refractivity contribution is -0.117. The summed E-state index contributed by atoms with van der Waals surface area (Å²) >= 11 is 0.967. The number of imide groups is 1. The van der Waals surface area contributed by atoms with Crippen molar-refractivity contribution in [3.05, 3.63) is 29.8 Å². The Hall–Kier alpha value is -1.63. The molecule has 0 aliphatic carbocycles. The van der Waals surface area contributed by atoms with Crippen molar-refractivity contribution in [2.75, 3.05) is 5.75 Å². The summed E-state index contributed by atoms with van der Waals surface area (Å²) < 4.78 is 25.3. The lowest BCUT2D eigenvalue weighted by atomic mass is 10.3. The predicted octanol–water partition coefficient (Wildman–Crippen LogP) is 1.25. The van der Waals surface area contributed by atoms with Crippen LogP contribution in [0, 0.1) is 11.6 Å². The van der Waals surface area contributed by atoms with Crippen molar-refractivity contribution >= 4 is 23.7 Å². The van der Waals surface area contributed by atoms with Crippen LogP contribution in [0.25, 0.3) is 0 Å². The van der Waals surface area contributed by atoms with Gasteiger partial charge in [-0.05, 0) is 18.2 Å². The summed E-state index contributed by atoms with van der Waals surface area (Å²) in [5.41, 5.74) is 4.72. The number of thioether (sulfide) groups is 1. The molecule has 0 aromatic heterocycles. The van der Waals surface area contributed by atoms with Gasteiger partial charge in [-0.3, -0.25) is 10.1 Å². The van der Waals surface area contributed by atoms with Gasteiger partial charge in [0.1, 0.15) is 0 Å². The number of urea groups is 1. The fourth-order valence-corrected chi connectivity index (χ4v) is 1.61. The molecule has 3 N–H and O–H groups in total. The third-order valence-electron chi connectivity index (χ3n) is 1.52. The lowest BCUT2D eigenvalue weighted by Gasteiger charge is -2.02.